The van der Waals surface area contributed by atoms with Gasteiger partial charge in [0.05, 0.1) is 4.92 Å². The van der Waals surface area contributed by atoms with Gasteiger partial charge >= 0.3 is 0 Å². The van der Waals surface area contributed by atoms with E-state index in [9.17, 15) is 14.9 Å². The van der Waals surface area contributed by atoms with Gasteiger partial charge in [0.1, 0.15) is 0 Å². The minimum Gasteiger partial charge on any atom is -0.294 e. The largest absolute Gasteiger partial charge is 0.294 e. The molecule has 0 amide bonds. The summed E-state index contributed by atoms with van der Waals surface area (Å²) in [6.45, 7) is 3.09. The van der Waals surface area contributed by atoms with Crippen molar-refractivity contribution >= 4 is 27.4 Å². The van der Waals surface area contributed by atoms with Crippen molar-refractivity contribution in [1.29, 1.82) is 0 Å². The number of hydrogen-bond acceptors (Lipinski definition) is 3. The quantitative estimate of drug-likeness (QED) is 0.465. The summed E-state index contributed by atoms with van der Waals surface area (Å²) in [5.74, 6) is -0.191. The molecule has 0 aliphatic carbocycles. The zero-order chi connectivity index (χ0) is 10.9. The maximum Gasteiger partial charge on any atom is 0.270 e. The van der Waals surface area contributed by atoms with Crippen LogP contribution in [-0.4, -0.2) is 10.7 Å². The van der Waals surface area contributed by atoms with E-state index in [2.05, 4.69) is 15.9 Å². The molecular weight excluding hydrogens is 250 g/mol. The highest BCUT2D eigenvalue weighted by Crippen LogP contribution is 2.27. The summed E-state index contributed by atoms with van der Waals surface area (Å²) in [4.78, 5) is 21.2. The van der Waals surface area contributed by atoms with Crippen molar-refractivity contribution < 1.29 is 9.72 Å². The molecule has 0 fully saturated rings. The molecule has 14 heavy (non-hydrogen) atoms. The number of Topliss-reactive ketones (excluding diaryl/α,β-unsaturated/α-hetero) is 1. The lowest BCUT2D eigenvalue weighted by Gasteiger charge is -2.03. The number of rotatable bonds is 2. The van der Waals surface area contributed by atoms with Gasteiger partial charge in [0.15, 0.2) is 5.78 Å². The van der Waals surface area contributed by atoms with Gasteiger partial charge in [-0.1, -0.05) is 0 Å². The Morgan fingerprint density at radius 2 is 2.07 bits per heavy atom. The van der Waals surface area contributed by atoms with Crippen molar-refractivity contribution in [3.8, 4) is 0 Å². The van der Waals surface area contributed by atoms with E-state index in [1.54, 1.807) is 6.92 Å². The maximum atomic E-state index is 11.1. The topological polar surface area (TPSA) is 60.2 Å². The molecule has 5 heteroatoms. The van der Waals surface area contributed by atoms with Crippen LogP contribution >= 0.6 is 15.9 Å². The standard InChI is InChI=1S/C9H8BrNO3/c1-5-3-7(11(13)14)4-8(6(2)12)9(5)10/h3-4H,1-2H3. The van der Waals surface area contributed by atoms with Crippen LogP contribution in [0.5, 0.6) is 0 Å². The van der Waals surface area contributed by atoms with Gasteiger partial charge in [0.25, 0.3) is 5.69 Å². The third-order valence-corrected chi connectivity index (χ3v) is 2.88. The van der Waals surface area contributed by atoms with Crippen molar-refractivity contribution in [2.45, 2.75) is 13.8 Å². The van der Waals surface area contributed by atoms with Gasteiger partial charge in [-0.25, -0.2) is 0 Å². The smallest absolute Gasteiger partial charge is 0.270 e. The average Bonchev–Trinajstić information content (AvgIpc) is 2.08. The lowest BCUT2D eigenvalue weighted by atomic mass is 10.1. The van der Waals surface area contributed by atoms with Crippen LogP contribution in [0.1, 0.15) is 22.8 Å². The molecule has 1 aromatic rings. The van der Waals surface area contributed by atoms with E-state index in [4.69, 9.17) is 0 Å². The van der Waals surface area contributed by atoms with Crippen LogP contribution in [-0.2, 0) is 0 Å². The van der Waals surface area contributed by atoms with E-state index in [-0.39, 0.29) is 11.5 Å². The number of hydrogen-bond donors (Lipinski definition) is 0. The predicted molar refractivity (Wildman–Crippen MR) is 55.5 cm³/mol. The fourth-order valence-corrected chi connectivity index (χ4v) is 1.62. The number of carbonyl (C=O) groups is 1. The Bertz CT molecular complexity index is 415. The first kappa shape index (κ1) is 10.8. The van der Waals surface area contributed by atoms with Gasteiger partial charge < -0.3 is 0 Å². The van der Waals surface area contributed by atoms with Gasteiger partial charge in [-0.05, 0) is 35.3 Å². The highest BCUT2D eigenvalue weighted by atomic mass is 79.9. The van der Waals surface area contributed by atoms with Crippen LogP contribution in [0.15, 0.2) is 16.6 Å². The molecule has 0 aromatic heterocycles. The summed E-state index contributed by atoms with van der Waals surface area (Å²) in [5.41, 5.74) is 0.969. The number of halogens is 1. The third-order valence-electron chi connectivity index (χ3n) is 1.83. The lowest BCUT2D eigenvalue weighted by Crippen LogP contribution is -1.98. The zero-order valence-electron chi connectivity index (χ0n) is 7.70. The normalized spacial score (nSPS) is 9.93. The molecule has 0 spiro atoms. The summed E-state index contributed by atoms with van der Waals surface area (Å²) < 4.78 is 0.621. The van der Waals surface area contributed by atoms with Crippen LogP contribution in [0.25, 0.3) is 0 Å². The maximum absolute atomic E-state index is 11.1. The highest BCUT2D eigenvalue weighted by Gasteiger charge is 2.15. The van der Waals surface area contributed by atoms with Gasteiger partial charge in [-0.2, -0.15) is 0 Å². The third kappa shape index (κ3) is 1.98. The summed E-state index contributed by atoms with van der Waals surface area (Å²) in [5, 5.41) is 10.5. The van der Waals surface area contributed by atoms with Crippen molar-refractivity contribution in [2.24, 2.45) is 0 Å². The molecule has 0 saturated carbocycles. The molecule has 0 N–H and O–H groups in total. The number of carbonyl (C=O) groups excluding carboxylic acids is 1. The van der Waals surface area contributed by atoms with E-state index in [0.717, 1.165) is 0 Å². The fraction of sp³-hybridized carbons (Fsp3) is 0.222. The molecular formula is C9H8BrNO3. The average molecular weight is 258 g/mol. The molecule has 0 bridgehead atoms. The molecule has 0 aliphatic rings. The summed E-state index contributed by atoms with van der Waals surface area (Å²) in [6, 6.07) is 2.70. The molecule has 0 heterocycles. The first-order chi connectivity index (χ1) is 6.43. The number of non-ortho nitro benzene ring substituents is 1. The number of ketones is 1. The molecule has 1 aromatic carbocycles. The molecule has 0 aliphatic heterocycles. The molecule has 0 saturated heterocycles. The van der Waals surface area contributed by atoms with Crippen LogP contribution in [0.2, 0.25) is 0 Å². The Morgan fingerprint density at radius 3 is 2.50 bits per heavy atom. The summed E-state index contributed by atoms with van der Waals surface area (Å²) >= 11 is 3.22. The molecule has 4 nitrogen and oxygen atoms in total. The number of nitro benzene ring substituents is 1. The molecule has 1 rings (SSSR count). The first-order valence-electron chi connectivity index (χ1n) is 3.89. The Hall–Kier alpha value is -1.23. The van der Waals surface area contributed by atoms with Gasteiger partial charge in [-0.15, -0.1) is 0 Å². The SMILES string of the molecule is CC(=O)c1cc([N+](=O)[O-])cc(C)c1Br. The Labute approximate surface area is 89.2 Å². The molecule has 0 atom stereocenters. The van der Waals surface area contributed by atoms with E-state index in [0.29, 0.717) is 15.6 Å². The van der Waals surface area contributed by atoms with Crippen LogP contribution in [0.4, 0.5) is 5.69 Å². The van der Waals surface area contributed by atoms with Gasteiger partial charge in [0, 0.05) is 22.2 Å². The first-order valence-corrected chi connectivity index (χ1v) is 4.68. The van der Waals surface area contributed by atoms with Crippen molar-refractivity contribution in [1.82, 2.24) is 0 Å². The van der Waals surface area contributed by atoms with Gasteiger partial charge in [0.2, 0.25) is 0 Å². The summed E-state index contributed by atoms with van der Waals surface area (Å²) in [6.07, 6.45) is 0. The Kier molecular flexibility index (Phi) is 3.00. The predicted octanol–water partition coefficient (Wildman–Crippen LogP) is 2.87. The van der Waals surface area contributed by atoms with E-state index in [1.165, 1.54) is 19.1 Å². The van der Waals surface area contributed by atoms with E-state index >= 15 is 0 Å². The number of aryl methyl sites for hydroxylation is 1. The van der Waals surface area contributed by atoms with Crippen molar-refractivity contribution in [3.63, 3.8) is 0 Å². The number of nitro groups is 1. The molecule has 0 radical (unpaired) electrons. The Morgan fingerprint density at radius 1 is 1.50 bits per heavy atom. The van der Waals surface area contributed by atoms with Gasteiger partial charge in [-0.3, -0.25) is 14.9 Å². The second-order valence-corrected chi connectivity index (χ2v) is 3.73. The molecule has 0 unspecified atom stereocenters. The summed E-state index contributed by atoms with van der Waals surface area (Å²) in [7, 11) is 0. The van der Waals surface area contributed by atoms with E-state index in [1.807, 2.05) is 0 Å². The van der Waals surface area contributed by atoms with Crippen LogP contribution in [0, 0.1) is 17.0 Å². The van der Waals surface area contributed by atoms with Crippen LogP contribution in [0.3, 0.4) is 0 Å². The zero-order valence-corrected chi connectivity index (χ0v) is 9.29. The monoisotopic (exact) mass is 257 g/mol. The number of nitrogens with zero attached hydrogens (tertiary/aromatic N) is 1. The van der Waals surface area contributed by atoms with Crippen LogP contribution < -0.4 is 0 Å². The second kappa shape index (κ2) is 3.88. The van der Waals surface area contributed by atoms with E-state index < -0.39 is 4.92 Å². The lowest BCUT2D eigenvalue weighted by molar-refractivity contribution is -0.384. The second-order valence-electron chi connectivity index (χ2n) is 2.94. The van der Waals surface area contributed by atoms with Crippen molar-refractivity contribution in [2.75, 3.05) is 0 Å². The molecule has 74 valence electrons. The fourth-order valence-electron chi connectivity index (χ4n) is 1.11. The van der Waals surface area contributed by atoms with Crippen molar-refractivity contribution in [3.05, 3.63) is 37.8 Å². The Balaban J connectivity index is 3.43. The highest BCUT2D eigenvalue weighted by molar-refractivity contribution is 9.10. The number of benzene rings is 1. The minimum atomic E-state index is -0.508. The minimum absolute atomic E-state index is 0.0594.